The number of aliphatic hydroxyl groups excluding tert-OH is 1. The molecular weight excluding hydrogens is 546 g/mol. The van der Waals surface area contributed by atoms with Crippen LogP contribution in [-0.4, -0.2) is 125 Å². The van der Waals surface area contributed by atoms with E-state index in [2.05, 4.69) is 27.4 Å². The summed E-state index contributed by atoms with van der Waals surface area (Å²) in [6.45, 7) is 13.7. The average molecular weight is 587 g/mol. The monoisotopic (exact) mass is 585 g/mol. The second-order valence-corrected chi connectivity index (χ2v) is 11.9. The standard InChI is InChI=1S/C26H40BrN3O7/c1-5-7-29(9-8-28-10-12-35-13-11-28)24(33)22-26-14-17(27)21(37-26)19(25(34)36-6-2)20(26)23(32)30(22)18(15-31)16(3)4/h5,16-22,31H,1,6-15H2,2-4H3/t17?,18-,19+,20-,21+,22+,26-/m0/s1. The number of halogens is 1. The first kappa shape index (κ1) is 28.5. The van der Waals surface area contributed by atoms with Crippen LogP contribution in [0, 0.1) is 17.8 Å². The lowest BCUT2D eigenvalue weighted by Crippen LogP contribution is -2.60. The first-order valence-electron chi connectivity index (χ1n) is 13.3. The van der Waals surface area contributed by atoms with E-state index in [0.29, 0.717) is 39.3 Å². The first-order chi connectivity index (χ1) is 17.7. The van der Waals surface area contributed by atoms with E-state index in [1.54, 1.807) is 17.9 Å². The largest absolute Gasteiger partial charge is 0.466 e. The maximum atomic E-state index is 14.4. The smallest absolute Gasteiger partial charge is 0.312 e. The van der Waals surface area contributed by atoms with Crippen LogP contribution in [-0.2, 0) is 28.6 Å². The molecule has 0 aromatic carbocycles. The van der Waals surface area contributed by atoms with Crippen molar-refractivity contribution in [3.8, 4) is 0 Å². The second-order valence-electron chi connectivity index (χ2n) is 10.7. The van der Waals surface area contributed by atoms with Gasteiger partial charge in [-0.05, 0) is 19.3 Å². The number of carbonyl (C=O) groups excluding carboxylic acids is 3. The quantitative estimate of drug-likeness (QED) is 0.214. The highest BCUT2D eigenvalue weighted by Crippen LogP contribution is 2.60. The van der Waals surface area contributed by atoms with Gasteiger partial charge < -0.3 is 29.1 Å². The topological polar surface area (TPSA) is 109 Å². The first-order valence-corrected chi connectivity index (χ1v) is 14.2. The Kier molecular flexibility index (Phi) is 9.00. The van der Waals surface area contributed by atoms with Gasteiger partial charge in [-0.25, -0.2) is 0 Å². The van der Waals surface area contributed by atoms with Gasteiger partial charge in [0.2, 0.25) is 11.8 Å². The average Bonchev–Trinajstić information content (AvgIpc) is 3.46. The molecule has 1 spiro atoms. The maximum Gasteiger partial charge on any atom is 0.312 e. The molecule has 4 rings (SSSR count). The van der Waals surface area contributed by atoms with Crippen molar-refractivity contribution in [2.75, 3.05) is 59.2 Å². The van der Waals surface area contributed by atoms with Crippen LogP contribution in [0.25, 0.3) is 0 Å². The Morgan fingerprint density at radius 1 is 1.35 bits per heavy atom. The molecule has 4 heterocycles. The molecule has 0 aliphatic carbocycles. The van der Waals surface area contributed by atoms with Crippen LogP contribution in [0.4, 0.5) is 0 Å². The van der Waals surface area contributed by atoms with Crippen molar-refractivity contribution in [3.63, 3.8) is 0 Å². The molecule has 1 unspecified atom stereocenters. The molecule has 7 atom stereocenters. The fourth-order valence-corrected chi connectivity index (χ4v) is 7.48. The predicted octanol–water partition coefficient (Wildman–Crippen LogP) is 0.661. The Hall–Kier alpha value is -1.53. The summed E-state index contributed by atoms with van der Waals surface area (Å²) in [5.74, 6) is -2.80. The zero-order valence-corrected chi connectivity index (χ0v) is 23.6. The molecule has 10 nitrogen and oxygen atoms in total. The minimum Gasteiger partial charge on any atom is -0.466 e. The molecule has 0 aromatic rings. The summed E-state index contributed by atoms with van der Waals surface area (Å²) < 4.78 is 17.3. The van der Waals surface area contributed by atoms with Gasteiger partial charge in [0.25, 0.3) is 0 Å². The molecule has 1 N–H and O–H groups in total. The normalized spacial score (nSPS) is 34.1. The maximum absolute atomic E-state index is 14.4. The fraction of sp³-hybridized carbons (Fsp3) is 0.808. The van der Waals surface area contributed by atoms with Crippen molar-refractivity contribution >= 4 is 33.7 Å². The minimum absolute atomic E-state index is 0.112. The number of morpholine rings is 1. The number of likely N-dealkylation sites (tertiary alicyclic amines) is 1. The Labute approximate surface area is 227 Å². The molecule has 4 fully saturated rings. The summed E-state index contributed by atoms with van der Waals surface area (Å²) >= 11 is 3.67. The molecule has 4 aliphatic heterocycles. The summed E-state index contributed by atoms with van der Waals surface area (Å²) in [5, 5.41) is 10.3. The van der Waals surface area contributed by atoms with Crippen LogP contribution < -0.4 is 0 Å². The van der Waals surface area contributed by atoms with E-state index >= 15 is 0 Å². The fourth-order valence-electron chi connectivity index (χ4n) is 6.54. The lowest BCUT2D eigenvalue weighted by atomic mass is 9.70. The van der Waals surface area contributed by atoms with Gasteiger partial charge in [-0.3, -0.25) is 19.3 Å². The minimum atomic E-state index is -1.18. The highest BCUT2D eigenvalue weighted by atomic mass is 79.9. The SMILES string of the molecule is C=CCN(CCN1CCOCC1)C(=O)[C@H]1N([C@@H](CO)C(C)C)C(=O)[C@@H]2[C@@H](C(=O)OCC)[C@@H]3O[C@@]21CC3Br. The molecule has 11 heteroatoms. The third kappa shape index (κ3) is 4.97. The number of nitrogens with zero attached hydrogens (tertiary/aromatic N) is 3. The summed E-state index contributed by atoms with van der Waals surface area (Å²) in [7, 11) is 0. The molecule has 208 valence electrons. The van der Waals surface area contributed by atoms with E-state index < -0.39 is 41.6 Å². The van der Waals surface area contributed by atoms with Crippen molar-refractivity contribution in [1.82, 2.24) is 14.7 Å². The van der Waals surface area contributed by atoms with Gasteiger partial charge in [0.15, 0.2) is 0 Å². The molecule has 37 heavy (non-hydrogen) atoms. The molecule has 2 bridgehead atoms. The number of ether oxygens (including phenoxy) is 3. The predicted molar refractivity (Wildman–Crippen MR) is 139 cm³/mol. The van der Waals surface area contributed by atoms with Gasteiger partial charge in [0, 0.05) is 37.6 Å². The van der Waals surface area contributed by atoms with Crippen LogP contribution in [0.1, 0.15) is 27.2 Å². The number of aliphatic hydroxyl groups is 1. The van der Waals surface area contributed by atoms with Gasteiger partial charge in [-0.15, -0.1) is 6.58 Å². The Morgan fingerprint density at radius 3 is 2.65 bits per heavy atom. The van der Waals surface area contributed by atoms with Crippen LogP contribution >= 0.6 is 15.9 Å². The lowest BCUT2D eigenvalue weighted by Gasteiger charge is -2.41. The van der Waals surface area contributed by atoms with Gasteiger partial charge in [0.05, 0.1) is 50.4 Å². The Balaban J connectivity index is 1.71. The Morgan fingerprint density at radius 2 is 2.05 bits per heavy atom. The number of amides is 2. The summed E-state index contributed by atoms with van der Waals surface area (Å²) in [5.41, 5.74) is -1.18. The van der Waals surface area contributed by atoms with Crippen LogP contribution in [0.2, 0.25) is 0 Å². The van der Waals surface area contributed by atoms with E-state index in [-0.39, 0.29) is 35.8 Å². The van der Waals surface area contributed by atoms with Crippen molar-refractivity contribution in [2.45, 2.75) is 55.8 Å². The summed E-state index contributed by atoms with van der Waals surface area (Å²) in [6, 6.07) is -1.55. The number of hydrogen-bond donors (Lipinski definition) is 1. The molecule has 0 aromatic heterocycles. The molecule has 0 radical (unpaired) electrons. The number of rotatable bonds is 11. The van der Waals surface area contributed by atoms with Crippen LogP contribution in [0.3, 0.4) is 0 Å². The molecule has 4 aliphatic rings. The van der Waals surface area contributed by atoms with Crippen molar-refractivity contribution in [2.24, 2.45) is 17.8 Å². The van der Waals surface area contributed by atoms with Crippen LogP contribution in [0.5, 0.6) is 0 Å². The van der Waals surface area contributed by atoms with E-state index in [9.17, 15) is 19.5 Å². The number of fused-ring (bicyclic) bond motifs is 1. The van der Waals surface area contributed by atoms with E-state index in [4.69, 9.17) is 14.2 Å². The summed E-state index contributed by atoms with van der Waals surface area (Å²) in [4.78, 5) is 46.9. The summed E-state index contributed by atoms with van der Waals surface area (Å²) in [6.07, 6.45) is 1.54. The van der Waals surface area contributed by atoms with Gasteiger partial charge in [0.1, 0.15) is 11.6 Å². The molecule has 2 amide bonds. The molecular formula is C26H40BrN3O7. The van der Waals surface area contributed by atoms with Gasteiger partial charge in [-0.2, -0.15) is 0 Å². The lowest BCUT2D eigenvalue weighted by molar-refractivity contribution is -0.156. The van der Waals surface area contributed by atoms with Gasteiger partial charge >= 0.3 is 5.97 Å². The van der Waals surface area contributed by atoms with E-state index in [0.717, 1.165) is 13.1 Å². The van der Waals surface area contributed by atoms with E-state index in [1.165, 1.54) is 4.90 Å². The zero-order valence-electron chi connectivity index (χ0n) is 22.0. The molecule has 4 saturated heterocycles. The van der Waals surface area contributed by atoms with Crippen LogP contribution in [0.15, 0.2) is 12.7 Å². The molecule has 0 saturated carbocycles. The number of carbonyl (C=O) groups is 3. The highest BCUT2D eigenvalue weighted by molar-refractivity contribution is 9.09. The number of alkyl halides is 1. The highest BCUT2D eigenvalue weighted by Gasteiger charge is 2.77. The third-order valence-corrected chi connectivity index (χ3v) is 9.13. The van der Waals surface area contributed by atoms with E-state index in [1.807, 2.05) is 13.8 Å². The van der Waals surface area contributed by atoms with Crippen molar-refractivity contribution in [3.05, 3.63) is 12.7 Å². The number of esters is 1. The second kappa shape index (κ2) is 11.7. The zero-order chi connectivity index (χ0) is 26.9. The third-order valence-electron chi connectivity index (χ3n) is 8.28. The van der Waals surface area contributed by atoms with Crippen molar-refractivity contribution < 1.29 is 33.7 Å². The Bertz CT molecular complexity index is 882. The van der Waals surface area contributed by atoms with Crippen molar-refractivity contribution in [1.29, 1.82) is 0 Å². The van der Waals surface area contributed by atoms with Gasteiger partial charge in [-0.1, -0.05) is 35.9 Å². The number of hydrogen-bond acceptors (Lipinski definition) is 8.